The van der Waals surface area contributed by atoms with Crippen molar-refractivity contribution in [1.82, 2.24) is 0 Å². The molecule has 0 N–H and O–H groups in total. The van der Waals surface area contributed by atoms with Gasteiger partial charge in [0.2, 0.25) is 0 Å². The highest BCUT2D eigenvalue weighted by Gasteiger charge is 2.35. The molecule has 4 aliphatic rings. The van der Waals surface area contributed by atoms with Crippen LogP contribution in [0.1, 0.15) is 99.3 Å². The summed E-state index contributed by atoms with van der Waals surface area (Å²) >= 11 is 0. The van der Waals surface area contributed by atoms with Gasteiger partial charge in [-0.3, -0.25) is 0 Å². The Bertz CT molecular complexity index is 757. The molecular formula is C32H46. The molecule has 0 spiro atoms. The van der Waals surface area contributed by atoms with Crippen LogP contribution < -0.4 is 0 Å². The molecule has 6 unspecified atom stereocenters. The van der Waals surface area contributed by atoms with E-state index in [-0.39, 0.29) is 0 Å². The summed E-state index contributed by atoms with van der Waals surface area (Å²) in [5, 5.41) is 0. The minimum Gasteiger partial charge on any atom is -0.0851 e. The third-order valence-electron chi connectivity index (χ3n) is 9.67. The lowest BCUT2D eigenvalue weighted by molar-refractivity contribution is 0.396. The van der Waals surface area contributed by atoms with Crippen LogP contribution in [0.3, 0.4) is 0 Å². The SMILES string of the molecule is Cc1cc(CCCCCC2CC3C=CC2C3)c(C)cc1CCCCCC1CC2C=CC1C2. The molecule has 174 valence electrons. The summed E-state index contributed by atoms with van der Waals surface area (Å²) in [6.45, 7) is 4.70. The summed E-state index contributed by atoms with van der Waals surface area (Å²) in [5.41, 5.74) is 6.30. The van der Waals surface area contributed by atoms with Crippen LogP contribution in [0.4, 0.5) is 0 Å². The normalized spacial score (nSPS) is 31.9. The van der Waals surface area contributed by atoms with Gasteiger partial charge in [-0.2, -0.15) is 0 Å². The van der Waals surface area contributed by atoms with Gasteiger partial charge < -0.3 is 0 Å². The molecule has 0 heteroatoms. The van der Waals surface area contributed by atoms with Crippen LogP contribution in [0.5, 0.6) is 0 Å². The molecule has 1 aromatic carbocycles. The fourth-order valence-corrected chi connectivity index (χ4v) is 7.73. The molecule has 5 rings (SSSR count). The Labute approximate surface area is 198 Å². The molecular weight excluding hydrogens is 384 g/mol. The number of benzene rings is 1. The Balaban J connectivity index is 0.979. The van der Waals surface area contributed by atoms with Gasteiger partial charge in [-0.1, -0.05) is 62.1 Å². The van der Waals surface area contributed by atoms with E-state index in [4.69, 9.17) is 0 Å². The predicted octanol–water partition coefficient (Wildman–Crippen LogP) is 8.93. The first-order chi connectivity index (χ1) is 15.7. The Hall–Kier alpha value is -1.30. The monoisotopic (exact) mass is 430 g/mol. The number of rotatable bonds is 12. The zero-order valence-corrected chi connectivity index (χ0v) is 20.8. The van der Waals surface area contributed by atoms with Crippen molar-refractivity contribution in [3.63, 3.8) is 0 Å². The minimum atomic E-state index is 0.937. The van der Waals surface area contributed by atoms with Gasteiger partial charge in [-0.25, -0.2) is 0 Å². The van der Waals surface area contributed by atoms with Crippen molar-refractivity contribution in [3.05, 3.63) is 58.7 Å². The van der Waals surface area contributed by atoms with Crippen LogP contribution in [0.2, 0.25) is 0 Å². The fourth-order valence-electron chi connectivity index (χ4n) is 7.73. The van der Waals surface area contributed by atoms with E-state index in [0.29, 0.717) is 0 Å². The second-order valence-electron chi connectivity index (χ2n) is 12.0. The van der Waals surface area contributed by atoms with E-state index in [9.17, 15) is 0 Å². The molecule has 0 nitrogen and oxygen atoms in total. The van der Waals surface area contributed by atoms with Gasteiger partial charge in [0.1, 0.15) is 0 Å². The summed E-state index contributed by atoms with van der Waals surface area (Å²) in [6, 6.07) is 5.04. The third kappa shape index (κ3) is 5.26. The summed E-state index contributed by atoms with van der Waals surface area (Å²) in [6.07, 6.45) is 29.9. The van der Waals surface area contributed by atoms with Crippen LogP contribution in [-0.4, -0.2) is 0 Å². The van der Waals surface area contributed by atoms with E-state index >= 15 is 0 Å². The van der Waals surface area contributed by atoms with Gasteiger partial charge in [0.15, 0.2) is 0 Å². The molecule has 1 aromatic rings. The minimum absolute atomic E-state index is 0.937. The zero-order chi connectivity index (χ0) is 21.9. The molecule has 6 atom stereocenters. The van der Waals surface area contributed by atoms with Crippen LogP contribution in [0.25, 0.3) is 0 Å². The lowest BCUT2D eigenvalue weighted by Gasteiger charge is -2.18. The molecule has 32 heavy (non-hydrogen) atoms. The first-order valence-corrected chi connectivity index (χ1v) is 14.1. The quantitative estimate of drug-likeness (QED) is 0.229. The number of hydrogen-bond donors (Lipinski definition) is 0. The van der Waals surface area contributed by atoms with Crippen molar-refractivity contribution in [2.45, 2.75) is 104 Å². The van der Waals surface area contributed by atoms with E-state index in [1.807, 2.05) is 0 Å². The van der Waals surface area contributed by atoms with E-state index < -0.39 is 0 Å². The molecule has 0 heterocycles. The smallest absolute Gasteiger partial charge is 0.0199 e. The van der Waals surface area contributed by atoms with Gasteiger partial charge >= 0.3 is 0 Å². The molecule has 4 aliphatic carbocycles. The molecule has 0 aromatic heterocycles. The zero-order valence-electron chi connectivity index (χ0n) is 20.8. The summed E-state index contributed by atoms with van der Waals surface area (Å²) in [7, 11) is 0. The van der Waals surface area contributed by atoms with Crippen molar-refractivity contribution in [3.8, 4) is 0 Å². The number of unbranched alkanes of at least 4 members (excludes halogenated alkanes) is 4. The van der Waals surface area contributed by atoms with Crippen LogP contribution in [0.15, 0.2) is 36.4 Å². The average Bonchev–Trinajstić information content (AvgIpc) is 3.58. The fraction of sp³-hybridized carbons (Fsp3) is 0.688. The molecule has 0 aliphatic heterocycles. The van der Waals surface area contributed by atoms with Gasteiger partial charge in [0.05, 0.1) is 0 Å². The second kappa shape index (κ2) is 10.3. The van der Waals surface area contributed by atoms with E-state index in [1.54, 1.807) is 11.1 Å². The molecule has 0 amide bonds. The van der Waals surface area contributed by atoms with Crippen LogP contribution in [0, 0.1) is 49.4 Å². The van der Waals surface area contributed by atoms with Gasteiger partial charge in [-0.05, 0) is 136 Å². The standard InChI is InChI=1S/C32H46/c1-23-17-28(10-6-4-8-12-30-20-26-14-16-32(30)22-26)24(2)18-27(23)9-5-3-7-11-29-19-25-13-15-31(29)21-25/h13-18,25-26,29-32H,3-12,19-22H2,1-2H3. The summed E-state index contributed by atoms with van der Waals surface area (Å²) < 4.78 is 0. The lowest BCUT2D eigenvalue weighted by Crippen LogP contribution is -2.06. The molecule has 2 fully saturated rings. The molecule has 4 bridgehead atoms. The predicted molar refractivity (Wildman–Crippen MR) is 138 cm³/mol. The van der Waals surface area contributed by atoms with Gasteiger partial charge in [-0.15, -0.1) is 0 Å². The molecule has 0 radical (unpaired) electrons. The number of hydrogen-bond acceptors (Lipinski definition) is 0. The van der Waals surface area contributed by atoms with E-state index in [0.717, 1.165) is 35.5 Å². The third-order valence-corrected chi connectivity index (χ3v) is 9.67. The maximum atomic E-state index is 2.52. The maximum Gasteiger partial charge on any atom is -0.0199 e. The van der Waals surface area contributed by atoms with Crippen molar-refractivity contribution in [1.29, 1.82) is 0 Å². The second-order valence-corrected chi connectivity index (χ2v) is 12.0. The maximum absolute atomic E-state index is 2.52. The van der Waals surface area contributed by atoms with Crippen molar-refractivity contribution >= 4 is 0 Å². The largest absolute Gasteiger partial charge is 0.0851 e. The first kappa shape index (κ1) is 22.5. The Morgan fingerprint density at radius 3 is 1.41 bits per heavy atom. The van der Waals surface area contributed by atoms with Crippen LogP contribution in [-0.2, 0) is 12.8 Å². The number of fused-ring (bicyclic) bond motifs is 4. The summed E-state index contributed by atoms with van der Waals surface area (Å²) in [4.78, 5) is 0. The number of allylic oxidation sites excluding steroid dienone is 4. The van der Waals surface area contributed by atoms with Crippen molar-refractivity contribution in [2.75, 3.05) is 0 Å². The molecule has 2 saturated carbocycles. The van der Waals surface area contributed by atoms with E-state index in [2.05, 4.69) is 50.3 Å². The van der Waals surface area contributed by atoms with E-state index in [1.165, 1.54) is 101 Å². The highest BCUT2D eigenvalue weighted by atomic mass is 14.4. The first-order valence-electron chi connectivity index (χ1n) is 14.1. The topological polar surface area (TPSA) is 0 Å². The van der Waals surface area contributed by atoms with Gasteiger partial charge in [0, 0.05) is 0 Å². The highest BCUT2D eigenvalue weighted by Crippen LogP contribution is 2.46. The summed E-state index contributed by atoms with van der Waals surface area (Å²) in [5.74, 6) is 5.78. The number of aryl methyl sites for hydroxylation is 4. The van der Waals surface area contributed by atoms with Crippen molar-refractivity contribution < 1.29 is 0 Å². The highest BCUT2D eigenvalue weighted by molar-refractivity contribution is 5.37. The molecule has 0 saturated heterocycles. The van der Waals surface area contributed by atoms with Crippen LogP contribution >= 0.6 is 0 Å². The Morgan fingerprint density at radius 1 is 0.562 bits per heavy atom. The Morgan fingerprint density at radius 2 is 1.03 bits per heavy atom. The Kier molecular flexibility index (Phi) is 7.25. The average molecular weight is 431 g/mol. The van der Waals surface area contributed by atoms with Gasteiger partial charge in [0.25, 0.3) is 0 Å². The lowest BCUT2D eigenvalue weighted by atomic mass is 9.88. The van der Waals surface area contributed by atoms with Crippen molar-refractivity contribution in [2.24, 2.45) is 35.5 Å².